The summed E-state index contributed by atoms with van der Waals surface area (Å²) in [5.74, 6) is -0.601. The Morgan fingerprint density at radius 2 is 2.00 bits per heavy atom. The first-order valence-corrected chi connectivity index (χ1v) is 7.72. The van der Waals surface area contributed by atoms with Crippen molar-refractivity contribution in [2.24, 2.45) is 10.9 Å². The van der Waals surface area contributed by atoms with E-state index in [0.717, 1.165) is 18.9 Å². The van der Waals surface area contributed by atoms with Crippen molar-refractivity contribution in [1.82, 2.24) is 0 Å². The summed E-state index contributed by atoms with van der Waals surface area (Å²) in [6, 6.07) is 3.68. The van der Waals surface area contributed by atoms with Gasteiger partial charge in [0.25, 0.3) is 0 Å². The molecular weight excluding hydrogens is 269 g/mol. The molecule has 0 amide bonds. The van der Waals surface area contributed by atoms with Crippen LogP contribution in [-0.4, -0.2) is 28.1 Å². The second-order valence-electron chi connectivity index (χ2n) is 4.29. The molecule has 0 aromatic heterocycles. The van der Waals surface area contributed by atoms with Crippen molar-refractivity contribution < 1.29 is 12.8 Å². The number of nitrogens with two attached hydrogens (primary N) is 2. The van der Waals surface area contributed by atoms with Gasteiger partial charge in [-0.15, -0.1) is 0 Å². The number of nitrogens with zero attached hydrogens (tertiary/aromatic N) is 1. The maximum atomic E-state index is 14.0. The number of anilines is 1. The van der Waals surface area contributed by atoms with Gasteiger partial charge in [-0.25, -0.2) is 17.9 Å². The van der Waals surface area contributed by atoms with Gasteiger partial charge >= 0.3 is 0 Å². The van der Waals surface area contributed by atoms with E-state index in [2.05, 4.69) is 0 Å². The van der Waals surface area contributed by atoms with Gasteiger partial charge < -0.3 is 10.6 Å². The molecule has 0 bridgehead atoms. The molecule has 0 fully saturated rings. The second-order valence-corrected chi connectivity index (χ2v) is 5.85. The van der Waals surface area contributed by atoms with Crippen molar-refractivity contribution in [2.75, 3.05) is 24.5 Å². The first-order chi connectivity index (χ1) is 8.90. The first-order valence-electron chi connectivity index (χ1n) is 6.17. The van der Waals surface area contributed by atoms with Gasteiger partial charge in [-0.2, -0.15) is 0 Å². The minimum Gasteiger partial charge on any atom is -0.368 e. The van der Waals surface area contributed by atoms with Crippen LogP contribution in [0.3, 0.4) is 0 Å². The standard InChI is InChI=1S/C12H20FN3O2S/c1-2-3-7-16(8-6-14)12-5-4-10(9-11(12)13)19(15,17)18/h4-5,9H,2-3,6-8,14H2,1H3,(H2,15,17,18). The number of rotatable bonds is 7. The molecule has 0 radical (unpaired) electrons. The monoisotopic (exact) mass is 289 g/mol. The number of primary sulfonamides is 1. The molecule has 0 spiro atoms. The third-order valence-electron chi connectivity index (χ3n) is 2.77. The van der Waals surface area contributed by atoms with E-state index in [-0.39, 0.29) is 4.90 Å². The van der Waals surface area contributed by atoms with Crippen LogP contribution in [0.15, 0.2) is 23.1 Å². The lowest BCUT2D eigenvalue weighted by Gasteiger charge is -2.24. The second kappa shape index (κ2) is 6.83. The highest BCUT2D eigenvalue weighted by Crippen LogP contribution is 2.22. The fourth-order valence-corrected chi connectivity index (χ4v) is 2.30. The van der Waals surface area contributed by atoms with E-state index in [0.29, 0.717) is 25.3 Å². The molecular formula is C12H20FN3O2S. The quantitative estimate of drug-likeness (QED) is 0.785. The SMILES string of the molecule is CCCCN(CCN)c1ccc(S(N)(=O)=O)cc1F. The third-order valence-corrected chi connectivity index (χ3v) is 3.68. The molecule has 0 aliphatic rings. The smallest absolute Gasteiger partial charge is 0.238 e. The Labute approximate surface area is 113 Å². The molecule has 0 atom stereocenters. The average Bonchev–Trinajstić information content (AvgIpc) is 2.33. The predicted molar refractivity (Wildman–Crippen MR) is 73.9 cm³/mol. The van der Waals surface area contributed by atoms with Crippen LogP contribution in [0, 0.1) is 5.82 Å². The summed E-state index contributed by atoms with van der Waals surface area (Å²) in [5, 5.41) is 4.96. The lowest BCUT2D eigenvalue weighted by Crippen LogP contribution is -2.31. The highest BCUT2D eigenvalue weighted by atomic mass is 32.2. The third kappa shape index (κ3) is 4.45. The summed E-state index contributed by atoms with van der Waals surface area (Å²) in [6.07, 6.45) is 1.90. The van der Waals surface area contributed by atoms with Crippen LogP contribution in [-0.2, 0) is 10.0 Å². The van der Waals surface area contributed by atoms with Gasteiger partial charge in [0, 0.05) is 19.6 Å². The number of sulfonamides is 1. The van der Waals surface area contributed by atoms with E-state index in [1.165, 1.54) is 12.1 Å². The normalized spacial score (nSPS) is 11.6. The van der Waals surface area contributed by atoms with Crippen LogP contribution in [0.2, 0.25) is 0 Å². The van der Waals surface area contributed by atoms with E-state index in [9.17, 15) is 12.8 Å². The van der Waals surface area contributed by atoms with E-state index in [1.54, 1.807) is 0 Å². The Balaban J connectivity index is 3.04. The van der Waals surface area contributed by atoms with Crippen LogP contribution >= 0.6 is 0 Å². The average molecular weight is 289 g/mol. The summed E-state index contributed by atoms with van der Waals surface area (Å²) in [4.78, 5) is 1.59. The van der Waals surface area contributed by atoms with Crippen molar-refractivity contribution in [3.63, 3.8) is 0 Å². The fraction of sp³-hybridized carbons (Fsp3) is 0.500. The van der Waals surface area contributed by atoms with Gasteiger partial charge in [0.15, 0.2) is 0 Å². The summed E-state index contributed by atoms with van der Waals surface area (Å²) in [7, 11) is -3.88. The zero-order valence-corrected chi connectivity index (χ0v) is 11.8. The molecule has 0 aliphatic carbocycles. The highest BCUT2D eigenvalue weighted by molar-refractivity contribution is 7.89. The van der Waals surface area contributed by atoms with Crippen molar-refractivity contribution in [2.45, 2.75) is 24.7 Å². The van der Waals surface area contributed by atoms with Gasteiger partial charge in [0.05, 0.1) is 10.6 Å². The first kappa shape index (κ1) is 15.9. The number of hydrogen-bond donors (Lipinski definition) is 2. The summed E-state index contributed by atoms with van der Waals surface area (Å²) in [6.45, 7) is 3.64. The molecule has 5 nitrogen and oxygen atoms in total. The Hall–Kier alpha value is -1.18. The van der Waals surface area contributed by atoms with Gasteiger partial charge in [0.2, 0.25) is 10.0 Å². The van der Waals surface area contributed by atoms with Crippen LogP contribution in [0.5, 0.6) is 0 Å². The molecule has 108 valence electrons. The van der Waals surface area contributed by atoms with Gasteiger partial charge in [-0.05, 0) is 24.6 Å². The minimum absolute atomic E-state index is 0.225. The molecule has 4 N–H and O–H groups in total. The van der Waals surface area contributed by atoms with Crippen LogP contribution in [0.1, 0.15) is 19.8 Å². The van der Waals surface area contributed by atoms with E-state index in [4.69, 9.17) is 10.9 Å². The molecule has 0 unspecified atom stereocenters. The van der Waals surface area contributed by atoms with Crippen LogP contribution < -0.4 is 15.8 Å². The Morgan fingerprint density at radius 3 is 2.47 bits per heavy atom. The van der Waals surface area contributed by atoms with Crippen LogP contribution in [0.25, 0.3) is 0 Å². The Kier molecular flexibility index (Phi) is 5.71. The van der Waals surface area contributed by atoms with Gasteiger partial charge in [-0.3, -0.25) is 0 Å². The minimum atomic E-state index is -3.88. The molecule has 0 aliphatic heterocycles. The van der Waals surface area contributed by atoms with E-state index in [1.807, 2.05) is 11.8 Å². The van der Waals surface area contributed by atoms with E-state index >= 15 is 0 Å². The van der Waals surface area contributed by atoms with Crippen molar-refractivity contribution in [1.29, 1.82) is 0 Å². The highest BCUT2D eigenvalue weighted by Gasteiger charge is 2.15. The number of halogens is 1. The van der Waals surface area contributed by atoms with Crippen LogP contribution in [0.4, 0.5) is 10.1 Å². The maximum Gasteiger partial charge on any atom is 0.238 e. The molecule has 19 heavy (non-hydrogen) atoms. The molecule has 1 aromatic carbocycles. The van der Waals surface area contributed by atoms with Crippen molar-refractivity contribution >= 4 is 15.7 Å². The number of unbranched alkanes of at least 4 members (excludes halogenated alkanes) is 1. The topological polar surface area (TPSA) is 89.4 Å². The predicted octanol–water partition coefficient (Wildman–Crippen LogP) is 1.04. The molecule has 0 saturated heterocycles. The van der Waals surface area contributed by atoms with Gasteiger partial charge in [-0.1, -0.05) is 13.3 Å². The van der Waals surface area contributed by atoms with Crippen molar-refractivity contribution in [3.05, 3.63) is 24.0 Å². The molecule has 7 heteroatoms. The summed E-state index contributed by atoms with van der Waals surface area (Å²) >= 11 is 0. The Bertz CT molecular complexity index is 520. The number of hydrogen-bond acceptors (Lipinski definition) is 4. The largest absolute Gasteiger partial charge is 0.368 e. The van der Waals surface area contributed by atoms with Crippen molar-refractivity contribution in [3.8, 4) is 0 Å². The maximum absolute atomic E-state index is 14.0. The zero-order chi connectivity index (χ0) is 14.5. The Morgan fingerprint density at radius 1 is 1.32 bits per heavy atom. The molecule has 1 aromatic rings. The molecule has 1 rings (SSSR count). The zero-order valence-electron chi connectivity index (χ0n) is 11.0. The summed E-state index contributed by atoms with van der Waals surface area (Å²) < 4.78 is 36.3. The van der Waals surface area contributed by atoms with Gasteiger partial charge in [0.1, 0.15) is 5.82 Å². The lowest BCUT2D eigenvalue weighted by molar-refractivity contribution is 0.589. The summed E-state index contributed by atoms with van der Waals surface area (Å²) in [5.41, 5.74) is 5.86. The molecule has 0 saturated carbocycles. The molecule has 0 heterocycles. The lowest BCUT2D eigenvalue weighted by atomic mass is 10.2. The van der Waals surface area contributed by atoms with E-state index < -0.39 is 15.8 Å². The number of benzene rings is 1. The fourth-order valence-electron chi connectivity index (χ4n) is 1.78.